The van der Waals surface area contributed by atoms with Crippen LogP contribution >= 0.6 is 31.3 Å². The number of phosphoric acid groups is 4. The molecular weight excluding hydrogens is 808 g/mol. The maximum atomic E-state index is 12.3. The lowest BCUT2D eigenvalue weighted by atomic mass is 10.4. The number of hydrogen-bond donors (Lipinski definition) is 6. The molecule has 0 aliphatic heterocycles. The first-order valence-corrected chi connectivity index (χ1v) is 19.5. The third-order valence-corrected chi connectivity index (χ3v) is 11.8. The van der Waals surface area contributed by atoms with E-state index in [0.717, 1.165) is 34.4 Å². The fourth-order valence-electron chi connectivity index (χ4n) is 3.82. The number of fused-ring (bicyclic) bond motifs is 2. The van der Waals surface area contributed by atoms with E-state index in [1.54, 1.807) is 0 Å². The van der Waals surface area contributed by atoms with Crippen LogP contribution in [0.1, 0.15) is 12.5 Å². The van der Waals surface area contributed by atoms with Crippen molar-refractivity contribution in [3.63, 3.8) is 0 Å². The maximum Gasteiger partial charge on any atom is 0.490 e. The standard InChI is InChI=1S/C20H24N10O19P4/c21-17-15-19(25-7-23-17)29(9-27-15)13(3-33)45-11(1-31)5-43-50(35,36)47-52(39,40)49-53(41,42)48-51(37,38)44-6-12(2-32)46-14(4-34)30-10-28-16-18(22)24-8-26-20(16)30/h1-4,7-14H,5-6H2,(H,35,36)(H,37,38)(H,39,40)(H,41,42)(H2,21,23,25)(H2,22,24,26)/t11-,12-,13+,14+/m0/s1. The Labute approximate surface area is 292 Å². The predicted molar refractivity (Wildman–Crippen MR) is 166 cm³/mol. The molecule has 0 saturated carbocycles. The number of carbonyl (C=O) groups is 4. The largest absolute Gasteiger partial charge is 0.490 e. The van der Waals surface area contributed by atoms with Crippen molar-refractivity contribution in [2.24, 2.45) is 0 Å². The average molecular weight is 832 g/mol. The van der Waals surface area contributed by atoms with Crippen LogP contribution in [0.15, 0.2) is 25.3 Å². The van der Waals surface area contributed by atoms with Crippen molar-refractivity contribution >= 4 is 90.4 Å². The molecule has 4 aromatic rings. The summed E-state index contributed by atoms with van der Waals surface area (Å²) in [6.45, 7) is -2.52. The normalized spacial score (nSPS) is 18.8. The number of rotatable bonds is 22. The highest BCUT2D eigenvalue weighted by Gasteiger charge is 2.46. The van der Waals surface area contributed by atoms with Crippen LogP contribution in [0, 0.1) is 0 Å². The van der Waals surface area contributed by atoms with Crippen molar-refractivity contribution < 1.29 is 88.5 Å². The minimum Gasteiger partial charge on any atom is -0.382 e. The number of nitrogens with two attached hydrogens (primary N) is 2. The highest BCUT2D eigenvalue weighted by atomic mass is 31.3. The molecule has 8 atom stereocenters. The molecular formula is C20H24N10O19P4. The van der Waals surface area contributed by atoms with Gasteiger partial charge in [0, 0.05) is 0 Å². The zero-order chi connectivity index (χ0) is 39.2. The van der Waals surface area contributed by atoms with Crippen LogP contribution in [0.2, 0.25) is 0 Å². The van der Waals surface area contributed by atoms with Crippen LogP contribution in [0.25, 0.3) is 22.3 Å². The molecule has 53 heavy (non-hydrogen) atoms. The van der Waals surface area contributed by atoms with Crippen LogP contribution in [0.4, 0.5) is 11.6 Å². The Balaban J connectivity index is 1.31. The Hall–Kier alpha value is -4.14. The van der Waals surface area contributed by atoms with Gasteiger partial charge < -0.3 is 50.1 Å². The van der Waals surface area contributed by atoms with Crippen LogP contribution in [0.5, 0.6) is 0 Å². The highest BCUT2D eigenvalue weighted by molar-refractivity contribution is 7.69. The molecule has 4 rings (SSSR count). The van der Waals surface area contributed by atoms with Gasteiger partial charge in [-0.3, -0.25) is 27.8 Å². The van der Waals surface area contributed by atoms with E-state index in [4.69, 9.17) is 20.9 Å². The van der Waals surface area contributed by atoms with Gasteiger partial charge in [0.1, 0.15) is 35.9 Å². The summed E-state index contributed by atoms with van der Waals surface area (Å²) >= 11 is 0. The molecule has 0 fully saturated rings. The molecule has 29 nitrogen and oxygen atoms in total. The summed E-state index contributed by atoms with van der Waals surface area (Å²) in [6, 6.07) is 0. The van der Waals surface area contributed by atoms with Crippen molar-refractivity contribution in [3.05, 3.63) is 25.3 Å². The molecule has 0 bridgehead atoms. The molecule has 0 saturated heterocycles. The first-order chi connectivity index (χ1) is 24.8. The average Bonchev–Trinajstić information content (AvgIpc) is 3.70. The molecule has 0 amide bonds. The number of nitrogen functional groups attached to an aromatic ring is 2. The molecule has 0 radical (unpaired) electrons. The zero-order valence-corrected chi connectivity index (χ0v) is 29.4. The minimum atomic E-state index is -6.25. The van der Waals surface area contributed by atoms with E-state index in [2.05, 4.69) is 51.9 Å². The van der Waals surface area contributed by atoms with Gasteiger partial charge in [-0.25, -0.2) is 48.2 Å². The lowest BCUT2D eigenvalue weighted by molar-refractivity contribution is -0.140. The molecule has 4 aromatic heterocycles. The van der Waals surface area contributed by atoms with E-state index < -0.39 is 69.2 Å². The summed E-state index contributed by atoms with van der Waals surface area (Å²) in [5, 5.41) is 0. The number of anilines is 2. The molecule has 4 heterocycles. The van der Waals surface area contributed by atoms with Crippen molar-refractivity contribution in [3.8, 4) is 0 Å². The molecule has 0 aromatic carbocycles. The molecule has 8 N–H and O–H groups in total. The number of imidazole rings is 2. The van der Waals surface area contributed by atoms with Gasteiger partial charge in [-0.1, -0.05) is 0 Å². The highest BCUT2D eigenvalue weighted by Crippen LogP contribution is 2.71. The van der Waals surface area contributed by atoms with E-state index in [9.17, 15) is 57.0 Å². The van der Waals surface area contributed by atoms with E-state index in [1.165, 1.54) is 0 Å². The summed E-state index contributed by atoms with van der Waals surface area (Å²) in [7, 11) is -24.2. The van der Waals surface area contributed by atoms with Crippen molar-refractivity contribution in [2.45, 2.75) is 24.7 Å². The van der Waals surface area contributed by atoms with Gasteiger partial charge in [0.2, 0.25) is 0 Å². The quantitative estimate of drug-likeness (QED) is 0.0403. The first-order valence-electron chi connectivity index (χ1n) is 13.6. The Morgan fingerprint density at radius 3 is 1.28 bits per heavy atom. The van der Waals surface area contributed by atoms with Gasteiger partial charge in [-0.05, 0) is 0 Å². The third kappa shape index (κ3) is 11.0. The number of aromatic nitrogens is 8. The third-order valence-electron chi connectivity index (χ3n) is 5.91. The van der Waals surface area contributed by atoms with Gasteiger partial charge in [0.25, 0.3) is 0 Å². The monoisotopic (exact) mass is 832 g/mol. The number of aldehydes is 4. The minimum absolute atomic E-state index is 0.0201. The first kappa shape index (κ1) is 41.6. The summed E-state index contributed by atoms with van der Waals surface area (Å²) in [5.41, 5.74) is 11.4. The van der Waals surface area contributed by atoms with Gasteiger partial charge in [-0.2, -0.15) is 12.9 Å². The number of carbonyl (C=O) groups excluding carboxylic acids is 4. The van der Waals surface area contributed by atoms with Crippen LogP contribution < -0.4 is 11.5 Å². The second-order valence-electron chi connectivity index (χ2n) is 9.55. The lowest BCUT2D eigenvalue weighted by Gasteiger charge is -2.22. The maximum absolute atomic E-state index is 12.3. The summed E-state index contributed by atoms with van der Waals surface area (Å²) < 4.78 is 81.6. The topological polar surface area (TPSA) is 421 Å². The van der Waals surface area contributed by atoms with Gasteiger partial charge in [0.15, 0.2) is 60.5 Å². The SMILES string of the molecule is Nc1ncnc2c1ncn2[C@@H](C=O)O[C@@H](C=O)COP(=O)(O)OP(=O)(O)OP(=O)(O)OP(=O)(O)OC[C@H](C=O)O[C@H](C=O)n1cnc2c(N)ncnc21. The fourth-order valence-corrected chi connectivity index (χ4v) is 8.77. The fraction of sp³-hybridized carbons (Fsp3) is 0.300. The molecule has 0 spiro atoms. The van der Waals surface area contributed by atoms with E-state index in [1.807, 2.05) is 0 Å². The van der Waals surface area contributed by atoms with E-state index in [-0.39, 0.29) is 59.1 Å². The molecule has 0 aliphatic rings. The number of nitrogens with zero attached hydrogens (tertiary/aromatic N) is 8. The van der Waals surface area contributed by atoms with Crippen LogP contribution in [0.3, 0.4) is 0 Å². The van der Waals surface area contributed by atoms with Gasteiger partial charge in [-0.15, -0.1) is 0 Å². The number of hydrogen-bond acceptors (Lipinski definition) is 23. The summed E-state index contributed by atoms with van der Waals surface area (Å²) in [5.74, 6) is -0.140. The number of phosphoric ester groups is 2. The predicted octanol–water partition coefficient (Wildman–Crippen LogP) is -1.12. The Morgan fingerprint density at radius 2 is 0.943 bits per heavy atom. The summed E-state index contributed by atoms with van der Waals surface area (Å²) in [4.78, 5) is 109. The van der Waals surface area contributed by atoms with Crippen LogP contribution in [-0.4, -0.2) is 109 Å². The molecule has 0 aliphatic carbocycles. The second-order valence-corrected chi connectivity index (χ2v) is 15.8. The second kappa shape index (κ2) is 16.9. The van der Waals surface area contributed by atoms with Crippen LogP contribution in [-0.2, 0) is 68.9 Å². The number of ether oxygens (including phenoxy) is 2. The lowest BCUT2D eigenvalue weighted by Crippen LogP contribution is -2.27. The van der Waals surface area contributed by atoms with Crippen molar-refractivity contribution in [2.75, 3.05) is 24.7 Å². The zero-order valence-electron chi connectivity index (χ0n) is 25.8. The van der Waals surface area contributed by atoms with Crippen molar-refractivity contribution in [1.82, 2.24) is 39.0 Å². The van der Waals surface area contributed by atoms with Crippen molar-refractivity contribution in [1.29, 1.82) is 0 Å². The summed E-state index contributed by atoms with van der Waals surface area (Å²) in [6.07, 6.45) is -2.67. The Bertz CT molecular complexity index is 2030. The molecule has 33 heteroatoms. The Kier molecular flexibility index (Phi) is 13.3. The Morgan fingerprint density at radius 1 is 0.585 bits per heavy atom. The van der Waals surface area contributed by atoms with Gasteiger partial charge >= 0.3 is 31.3 Å². The smallest absolute Gasteiger partial charge is 0.382 e. The molecule has 4 unspecified atom stereocenters. The van der Waals surface area contributed by atoms with E-state index >= 15 is 0 Å². The van der Waals surface area contributed by atoms with E-state index in [0.29, 0.717) is 0 Å². The molecule has 288 valence electrons. The van der Waals surface area contributed by atoms with Gasteiger partial charge in [0.05, 0.1) is 25.9 Å².